The van der Waals surface area contributed by atoms with Crippen LogP contribution in [0, 0.1) is 6.92 Å². The number of hydrogen-bond donors (Lipinski definition) is 0. The number of esters is 1. The van der Waals surface area contributed by atoms with Crippen molar-refractivity contribution in [3.63, 3.8) is 0 Å². The molecule has 2 aromatic heterocycles. The van der Waals surface area contributed by atoms with Gasteiger partial charge in [0.25, 0.3) is 0 Å². The molecule has 0 atom stereocenters. The minimum Gasteiger partial charge on any atom is -0.493 e. The number of hydrogen-bond acceptors (Lipinski definition) is 7. The summed E-state index contributed by atoms with van der Waals surface area (Å²) in [6.07, 6.45) is 4.72. The van der Waals surface area contributed by atoms with Crippen LogP contribution in [0.15, 0.2) is 53.3 Å². The van der Waals surface area contributed by atoms with E-state index in [2.05, 4.69) is 15.1 Å². The number of aromatic nitrogens is 3. The molecule has 3 rings (SSSR count). The lowest BCUT2D eigenvalue weighted by Gasteiger charge is -2.06. The van der Waals surface area contributed by atoms with Gasteiger partial charge in [-0.1, -0.05) is 22.9 Å². The fraction of sp³-hybridized carbons (Fsp3) is 0.300. The molecule has 3 aromatic rings. The highest BCUT2D eigenvalue weighted by atomic mass is 16.5. The van der Waals surface area contributed by atoms with Gasteiger partial charge in [0.05, 0.1) is 19.6 Å². The molecule has 140 valence electrons. The van der Waals surface area contributed by atoms with Gasteiger partial charge in [-0.15, -0.1) is 0 Å². The number of aryl methyl sites for hydroxylation is 2. The van der Waals surface area contributed by atoms with Crippen molar-refractivity contribution < 1.29 is 18.8 Å². The Hall–Kier alpha value is -3.22. The lowest BCUT2D eigenvalue weighted by atomic mass is 10.2. The summed E-state index contributed by atoms with van der Waals surface area (Å²) in [5.74, 6) is 1.47. The molecule has 0 N–H and O–H groups in total. The largest absolute Gasteiger partial charge is 0.493 e. The monoisotopic (exact) mass is 367 g/mol. The predicted octanol–water partition coefficient (Wildman–Crippen LogP) is 3.38. The summed E-state index contributed by atoms with van der Waals surface area (Å²) in [7, 11) is 0. The molecule has 0 saturated heterocycles. The zero-order chi connectivity index (χ0) is 18.9. The van der Waals surface area contributed by atoms with E-state index in [0.717, 1.165) is 16.9 Å². The summed E-state index contributed by atoms with van der Waals surface area (Å²) < 4.78 is 15.9. The molecule has 0 bridgehead atoms. The minimum atomic E-state index is -0.288. The number of nitrogens with zero attached hydrogens (tertiary/aromatic N) is 3. The van der Waals surface area contributed by atoms with E-state index < -0.39 is 0 Å². The van der Waals surface area contributed by atoms with Crippen molar-refractivity contribution >= 4 is 5.97 Å². The Morgan fingerprint density at radius 2 is 2.00 bits per heavy atom. The van der Waals surface area contributed by atoms with E-state index >= 15 is 0 Å². The lowest BCUT2D eigenvalue weighted by molar-refractivity contribution is -0.144. The smallest absolute Gasteiger partial charge is 0.309 e. The highest BCUT2D eigenvalue weighted by Crippen LogP contribution is 2.14. The molecule has 7 heteroatoms. The van der Waals surface area contributed by atoms with Crippen LogP contribution in [0.25, 0.3) is 11.4 Å². The zero-order valence-electron chi connectivity index (χ0n) is 15.1. The van der Waals surface area contributed by atoms with Crippen LogP contribution in [0.3, 0.4) is 0 Å². The zero-order valence-corrected chi connectivity index (χ0v) is 15.1. The normalized spacial score (nSPS) is 10.6. The molecule has 0 saturated carbocycles. The second-order valence-corrected chi connectivity index (χ2v) is 5.99. The molecule has 0 aliphatic rings. The Morgan fingerprint density at radius 3 is 2.78 bits per heavy atom. The summed E-state index contributed by atoms with van der Waals surface area (Å²) in [6.45, 7) is 2.60. The minimum absolute atomic E-state index is 0.208. The maximum Gasteiger partial charge on any atom is 0.309 e. The quantitative estimate of drug-likeness (QED) is 0.423. The van der Waals surface area contributed by atoms with Gasteiger partial charge < -0.3 is 14.0 Å². The van der Waals surface area contributed by atoms with E-state index in [1.807, 2.05) is 43.3 Å². The molecule has 2 heterocycles. The molecule has 0 fully saturated rings. The molecule has 27 heavy (non-hydrogen) atoms. The molecule has 7 nitrogen and oxygen atoms in total. The third kappa shape index (κ3) is 5.91. The fourth-order valence-corrected chi connectivity index (χ4v) is 2.34. The van der Waals surface area contributed by atoms with Crippen molar-refractivity contribution in [1.82, 2.24) is 15.1 Å². The van der Waals surface area contributed by atoms with Crippen LogP contribution in [-0.2, 0) is 16.0 Å². The van der Waals surface area contributed by atoms with Crippen molar-refractivity contribution in [1.29, 1.82) is 0 Å². The van der Waals surface area contributed by atoms with Gasteiger partial charge in [-0.05, 0) is 37.6 Å². The van der Waals surface area contributed by atoms with Crippen molar-refractivity contribution in [2.75, 3.05) is 13.2 Å². The third-order valence-corrected chi connectivity index (χ3v) is 3.78. The van der Waals surface area contributed by atoms with Gasteiger partial charge in [0.2, 0.25) is 11.7 Å². The van der Waals surface area contributed by atoms with E-state index in [4.69, 9.17) is 14.0 Å². The number of carbonyl (C=O) groups is 1. The van der Waals surface area contributed by atoms with Crippen LogP contribution < -0.4 is 4.74 Å². The molecule has 0 unspecified atom stereocenters. The fourth-order valence-electron chi connectivity index (χ4n) is 2.34. The van der Waals surface area contributed by atoms with E-state index in [-0.39, 0.29) is 12.4 Å². The van der Waals surface area contributed by atoms with E-state index in [1.54, 1.807) is 12.4 Å². The highest BCUT2D eigenvalue weighted by Gasteiger charge is 2.09. The predicted molar refractivity (Wildman–Crippen MR) is 98.1 cm³/mol. The molecule has 0 aliphatic heterocycles. The molecule has 0 amide bonds. The van der Waals surface area contributed by atoms with Gasteiger partial charge in [0, 0.05) is 24.4 Å². The van der Waals surface area contributed by atoms with Crippen LogP contribution in [0.5, 0.6) is 5.75 Å². The average molecular weight is 367 g/mol. The highest BCUT2D eigenvalue weighted by molar-refractivity contribution is 5.69. The number of rotatable bonds is 9. The van der Waals surface area contributed by atoms with Crippen LogP contribution in [0.2, 0.25) is 0 Å². The Balaban J connectivity index is 1.31. The standard InChI is InChI=1S/C20H21N3O4/c1-15-6-8-17(9-7-15)25-13-10-19(24)26-12-3-5-18-22-20(23-27-18)16-4-2-11-21-14-16/h2,4,6-9,11,14H,3,5,10,12-13H2,1H3. The van der Waals surface area contributed by atoms with Gasteiger partial charge in [-0.2, -0.15) is 4.98 Å². The van der Waals surface area contributed by atoms with E-state index in [1.165, 1.54) is 0 Å². The van der Waals surface area contributed by atoms with Gasteiger partial charge in [0.15, 0.2) is 0 Å². The van der Waals surface area contributed by atoms with Gasteiger partial charge in [0.1, 0.15) is 5.75 Å². The summed E-state index contributed by atoms with van der Waals surface area (Å²) in [4.78, 5) is 20.1. The van der Waals surface area contributed by atoms with Gasteiger partial charge in [-0.3, -0.25) is 9.78 Å². The first kappa shape index (κ1) is 18.6. The second kappa shape index (κ2) is 9.47. The number of benzene rings is 1. The van der Waals surface area contributed by atoms with Crippen LogP contribution >= 0.6 is 0 Å². The molecule has 1 aromatic carbocycles. The maximum atomic E-state index is 11.7. The lowest BCUT2D eigenvalue weighted by Crippen LogP contribution is -2.11. The first-order valence-corrected chi connectivity index (χ1v) is 8.79. The topological polar surface area (TPSA) is 87.3 Å². The van der Waals surface area contributed by atoms with Crippen molar-refractivity contribution in [2.24, 2.45) is 0 Å². The van der Waals surface area contributed by atoms with E-state index in [0.29, 0.717) is 37.8 Å². The van der Waals surface area contributed by atoms with E-state index in [9.17, 15) is 4.79 Å². The Bertz CT molecular complexity index is 847. The van der Waals surface area contributed by atoms with Gasteiger partial charge in [-0.25, -0.2) is 0 Å². The average Bonchev–Trinajstić information content (AvgIpc) is 3.16. The van der Waals surface area contributed by atoms with Crippen molar-refractivity contribution in [2.45, 2.75) is 26.2 Å². The van der Waals surface area contributed by atoms with Gasteiger partial charge >= 0.3 is 5.97 Å². The SMILES string of the molecule is Cc1ccc(OCCC(=O)OCCCc2nc(-c3cccnc3)no2)cc1. The summed E-state index contributed by atoms with van der Waals surface area (Å²) in [6, 6.07) is 11.4. The summed E-state index contributed by atoms with van der Waals surface area (Å²) >= 11 is 0. The van der Waals surface area contributed by atoms with Crippen LogP contribution in [-0.4, -0.2) is 34.3 Å². The Kier molecular flexibility index (Phi) is 6.51. The molecule has 0 spiro atoms. The Morgan fingerprint density at radius 1 is 1.15 bits per heavy atom. The number of pyridine rings is 1. The van der Waals surface area contributed by atoms with Crippen LogP contribution in [0.1, 0.15) is 24.3 Å². The second-order valence-electron chi connectivity index (χ2n) is 5.99. The molecule has 0 aliphatic carbocycles. The summed E-state index contributed by atoms with van der Waals surface area (Å²) in [5, 5.41) is 3.92. The molecule has 0 radical (unpaired) electrons. The summed E-state index contributed by atoms with van der Waals surface area (Å²) in [5.41, 5.74) is 1.96. The number of ether oxygens (including phenoxy) is 2. The molecular weight excluding hydrogens is 346 g/mol. The Labute approximate surface area is 157 Å². The van der Waals surface area contributed by atoms with Crippen LogP contribution in [0.4, 0.5) is 0 Å². The third-order valence-electron chi connectivity index (χ3n) is 3.78. The maximum absolute atomic E-state index is 11.7. The molecular formula is C20H21N3O4. The number of carbonyl (C=O) groups excluding carboxylic acids is 1. The van der Waals surface area contributed by atoms with Crippen molar-refractivity contribution in [3.8, 4) is 17.1 Å². The first-order chi connectivity index (χ1) is 13.2. The van der Waals surface area contributed by atoms with Crippen molar-refractivity contribution in [3.05, 3.63) is 60.2 Å². The first-order valence-electron chi connectivity index (χ1n) is 8.79.